The van der Waals surface area contributed by atoms with Crippen LogP contribution in [-0.2, 0) is 35.1 Å². The maximum absolute atomic E-state index is 13.8. The number of phenolic OH excluding ortho intramolecular Hbond substituents is 1. The van der Waals surface area contributed by atoms with Gasteiger partial charge < -0.3 is 25.2 Å². The predicted octanol–water partition coefficient (Wildman–Crippen LogP) is 2.55. The molecule has 3 rings (SSSR count). The monoisotopic (exact) mass is 598 g/mol. The van der Waals surface area contributed by atoms with Crippen molar-refractivity contribution >= 4 is 23.7 Å². The second-order valence-electron chi connectivity index (χ2n) is 11.4. The van der Waals surface area contributed by atoms with E-state index >= 15 is 0 Å². The molecule has 1 fully saturated rings. The molecule has 0 aliphatic carbocycles. The Balaban J connectivity index is 1.90. The first-order valence-electron chi connectivity index (χ1n) is 15.1. The highest BCUT2D eigenvalue weighted by Crippen LogP contribution is 2.18. The molecule has 43 heavy (non-hydrogen) atoms. The zero-order valence-corrected chi connectivity index (χ0v) is 25.6. The number of ether oxygens (including phenoxy) is 2. The van der Waals surface area contributed by atoms with E-state index in [2.05, 4.69) is 16.1 Å². The molecule has 2 aliphatic heterocycles. The Morgan fingerprint density at radius 1 is 1.05 bits per heavy atom. The number of phenols is 1. The van der Waals surface area contributed by atoms with E-state index in [0.717, 1.165) is 0 Å². The molecule has 4 N–H and O–H groups in total. The van der Waals surface area contributed by atoms with Gasteiger partial charge in [0.1, 0.15) is 23.9 Å². The van der Waals surface area contributed by atoms with Gasteiger partial charge in [-0.3, -0.25) is 24.2 Å². The summed E-state index contributed by atoms with van der Waals surface area (Å²) >= 11 is 0. The van der Waals surface area contributed by atoms with E-state index in [9.17, 15) is 24.3 Å². The number of cyclic esters (lactones) is 1. The number of carbonyl (C=O) groups excluding carboxylic acids is 4. The van der Waals surface area contributed by atoms with Gasteiger partial charge >= 0.3 is 5.97 Å². The molecule has 0 radical (unpaired) electrons. The molecule has 1 aromatic carbocycles. The van der Waals surface area contributed by atoms with Crippen LogP contribution >= 0.6 is 0 Å². The van der Waals surface area contributed by atoms with Gasteiger partial charge in [0.25, 0.3) is 5.91 Å². The molecule has 11 heteroatoms. The fourth-order valence-electron chi connectivity index (χ4n) is 5.18. The van der Waals surface area contributed by atoms with Gasteiger partial charge in [-0.2, -0.15) is 0 Å². The molecule has 0 saturated carbocycles. The van der Waals surface area contributed by atoms with E-state index in [4.69, 9.17) is 9.47 Å². The summed E-state index contributed by atoms with van der Waals surface area (Å²) < 4.78 is 11.1. The maximum Gasteiger partial charge on any atom is 0.324 e. The smallest absolute Gasteiger partial charge is 0.324 e. The van der Waals surface area contributed by atoms with Crippen LogP contribution in [0.15, 0.2) is 48.6 Å². The zero-order chi connectivity index (χ0) is 31.4. The molecule has 3 amide bonds. The van der Waals surface area contributed by atoms with E-state index in [-0.39, 0.29) is 36.7 Å². The van der Waals surface area contributed by atoms with Gasteiger partial charge in [-0.15, -0.1) is 0 Å². The molecule has 0 aromatic heterocycles. The standard InChI is InChI=1S/C32H46N4O7/c1-21(2)28-30(39)33-26(20-23-13-11-14-24(37)19-23)31(40)36-17-12-15-25(35-36)32(41)43-18-10-8-6-5-7-9-16-27(42-4)22(3)29(38)34-28/h5-8,11,13-14,19,21-22,25-28,35,37H,9-10,12,15-18,20H2,1-4H3,(H,33,39)(H,34,38)/b7-5+,8-6+/t22-,25+,26?,27-,28+/m1/s1. The largest absolute Gasteiger partial charge is 0.508 e. The van der Waals surface area contributed by atoms with Crippen molar-refractivity contribution in [1.82, 2.24) is 21.1 Å². The summed E-state index contributed by atoms with van der Waals surface area (Å²) in [5.41, 5.74) is 3.62. The minimum Gasteiger partial charge on any atom is -0.508 e. The molecule has 5 atom stereocenters. The number of aromatic hydroxyl groups is 1. The summed E-state index contributed by atoms with van der Waals surface area (Å²) in [6.45, 7) is 5.96. The van der Waals surface area contributed by atoms with Crippen molar-refractivity contribution < 1.29 is 33.8 Å². The number of hydrazine groups is 1. The highest BCUT2D eigenvalue weighted by atomic mass is 16.5. The van der Waals surface area contributed by atoms with Crippen molar-refractivity contribution in [3.05, 3.63) is 54.1 Å². The normalized spacial score (nSPS) is 28.6. The first-order chi connectivity index (χ1) is 20.6. The van der Waals surface area contributed by atoms with Crippen LogP contribution in [0, 0.1) is 11.8 Å². The van der Waals surface area contributed by atoms with Gasteiger partial charge in [0.05, 0.1) is 18.6 Å². The Hall–Kier alpha value is -3.70. The Morgan fingerprint density at radius 2 is 1.79 bits per heavy atom. The number of methoxy groups -OCH3 is 1. The van der Waals surface area contributed by atoms with Gasteiger partial charge in [0.15, 0.2) is 0 Å². The summed E-state index contributed by atoms with van der Waals surface area (Å²) in [6, 6.07) is 3.82. The Morgan fingerprint density at radius 3 is 2.49 bits per heavy atom. The molecule has 2 aliphatic rings. The lowest BCUT2D eigenvalue weighted by atomic mass is 9.96. The fraction of sp³-hybridized carbons (Fsp3) is 0.562. The van der Waals surface area contributed by atoms with Crippen molar-refractivity contribution in [3.8, 4) is 5.75 Å². The first-order valence-corrected chi connectivity index (χ1v) is 15.1. The third-order valence-electron chi connectivity index (χ3n) is 7.75. The quantitative estimate of drug-likeness (QED) is 0.387. The Kier molecular flexibility index (Phi) is 13.2. The Bertz CT molecular complexity index is 1170. The molecule has 2 bridgehead atoms. The minimum atomic E-state index is -1.03. The van der Waals surface area contributed by atoms with E-state index in [0.29, 0.717) is 44.2 Å². The second-order valence-corrected chi connectivity index (χ2v) is 11.4. The number of esters is 1. The third kappa shape index (κ3) is 10.2. The summed E-state index contributed by atoms with van der Waals surface area (Å²) in [5.74, 6) is -2.47. The Labute approximate surface area is 254 Å². The lowest BCUT2D eigenvalue weighted by molar-refractivity contribution is -0.153. The molecule has 0 spiro atoms. The van der Waals surface area contributed by atoms with Crippen LogP contribution in [0.4, 0.5) is 0 Å². The summed E-state index contributed by atoms with van der Waals surface area (Å²) in [4.78, 5) is 53.5. The van der Waals surface area contributed by atoms with Crippen molar-refractivity contribution in [3.63, 3.8) is 0 Å². The minimum absolute atomic E-state index is 0.0351. The number of benzene rings is 1. The lowest BCUT2D eigenvalue weighted by Crippen LogP contribution is -2.62. The molecule has 1 saturated heterocycles. The van der Waals surface area contributed by atoms with Crippen LogP contribution in [0.25, 0.3) is 0 Å². The number of allylic oxidation sites excluding steroid dienone is 3. The molecule has 2 heterocycles. The highest BCUT2D eigenvalue weighted by Gasteiger charge is 2.36. The number of rotatable bonds is 4. The van der Waals surface area contributed by atoms with Crippen LogP contribution in [-0.4, -0.2) is 78.3 Å². The van der Waals surface area contributed by atoms with Crippen molar-refractivity contribution in [2.75, 3.05) is 20.3 Å². The van der Waals surface area contributed by atoms with E-state index in [1.54, 1.807) is 26.2 Å². The summed E-state index contributed by atoms with van der Waals surface area (Å²) in [7, 11) is 1.56. The molecule has 11 nitrogen and oxygen atoms in total. The van der Waals surface area contributed by atoms with Gasteiger partial charge in [-0.05, 0) is 55.7 Å². The summed E-state index contributed by atoms with van der Waals surface area (Å²) in [5, 5.41) is 17.1. The van der Waals surface area contributed by atoms with Crippen molar-refractivity contribution in [1.29, 1.82) is 0 Å². The van der Waals surface area contributed by atoms with Crippen molar-refractivity contribution in [2.45, 2.75) is 83.5 Å². The predicted molar refractivity (Wildman–Crippen MR) is 161 cm³/mol. The zero-order valence-electron chi connectivity index (χ0n) is 25.6. The average Bonchev–Trinajstić information content (AvgIpc) is 2.99. The topological polar surface area (TPSA) is 146 Å². The maximum atomic E-state index is 13.8. The van der Waals surface area contributed by atoms with Gasteiger partial charge in [0, 0.05) is 20.1 Å². The van der Waals surface area contributed by atoms with E-state index in [1.165, 1.54) is 17.1 Å². The first kappa shape index (κ1) is 33.8. The average molecular weight is 599 g/mol. The molecule has 236 valence electrons. The number of hydrogen-bond donors (Lipinski definition) is 4. The molecule has 1 aromatic rings. The number of carbonyl (C=O) groups is 4. The highest BCUT2D eigenvalue weighted by molar-refractivity contribution is 5.93. The van der Waals surface area contributed by atoms with Crippen LogP contribution < -0.4 is 16.1 Å². The van der Waals surface area contributed by atoms with Gasteiger partial charge in [-0.1, -0.05) is 57.2 Å². The molecular weight excluding hydrogens is 552 g/mol. The van der Waals surface area contributed by atoms with Crippen LogP contribution in [0.5, 0.6) is 5.75 Å². The number of hydrogen-bond acceptors (Lipinski definition) is 8. The van der Waals surface area contributed by atoms with Crippen LogP contribution in [0.1, 0.15) is 58.4 Å². The number of amides is 3. The molecular formula is C32H46N4O7. The summed E-state index contributed by atoms with van der Waals surface area (Å²) in [6.07, 6.45) is 10.3. The van der Waals surface area contributed by atoms with Crippen LogP contribution in [0.2, 0.25) is 0 Å². The van der Waals surface area contributed by atoms with Gasteiger partial charge in [0.2, 0.25) is 11.8 Å². The van der Waals surface area contributed by atoms with Gasteiger partial charge in [-0.25, -0.2) is 5.43 Å². The van der Waals surface area contributed by atoms with E-state index < -0.39 is 41.8 Å². The van der Waals surface area contributed by atoms with E-state index in [1.807, 2.05) is 38.2 Å². The number of fused-ring (bicyclic) bond motifs is 2. The fourth-order valence-corrected chi connectivity index (χ4v) is 5.18. The lowest BCUT2D eigenvalue weighted by Gasteiger charge is -2.35. The number of nitrogens with one attached hydrogen (secondary N) is 3. The van der Waals surface area contributed by atoms with Crippen molar-refractivity contribution in [2.24, 2.45) is 11.8 Å². The van der Waals surface area contributed by atoms with Crippen LogP contribution in [0.3, 0.4) is 0 Å². The number of nitrogens with zero attached hydrogens (tertiary/aromatic N) is 1. The third-order valence-corrected chi connectivity index (χ3v) is 7.75. The SMILES string of the molecule is CO[C@@H]1CC/C=C/C=C/CCOC(=O)[C@@H]2CCCN(N2)C(=O)C(Cc2cccc(O)c2)NC(=O)[C@H](C(C)C)NC(=O)[C@@H]1C. The molecule has 1 unspecified atom stereocenters. The second kappa shape index (κ2) is 16.8.